The molecule has 1 atom stereocenters. The minimum atomic E-state index is -3.73. The highest BCUT2D eigenvalue weighted by Gasteiger charge is 2.17. The third kappa shape index (κ3) is 6.32. The van der Waals surface area contributed by atoms with Crippen LogP contribution in [-0.4, -0.2) is 50.9 Å². The maximum absolute atomic E-state index is 11.2. The van der Waals surface area contributed by atoms with Crippen molar-refractivity contribution in [2.75, 3.05) is 19.4 Å². The Bertz CT molecular complexity index is 352. The Labute approximate surface area is 92.8 Å². The van der Waals surface area contributed by atoms with Gasteiger partial charge in [-0.2, -0.15) is 0 Å². The summed E-state index contributed by atoms with van der Waals surface area (Å²) in [4.78, 5) is 21.1. The number of esters is 1. The van der Waals surface area contributed by atoms with Crippen LogP contribution in [-0.2, 0) is 24.3 Å². The molecule has 0 saturated heterocycles. The standard InChI is InChI=1S/C7H14N2O6S/c1-15-6(11)2-3-16(13,14)9-4-5(10)7(8)12/h5,9-10H,2-4H2,1H3,(H2,8,12). The maximum Gasteiger partial charge on any atom is 0.306 e. The highest BCUT2D eigenvalue weighted by Crippen LogP contribution is 1.92. The van der Waals surface area contributed by atoms with E-state index >= 15 is 0 Å². The van der Waals surface area contributed by atoms with Gasteiger partial charge in [-0.25, -0.2) is 13.1 Å². The average Bonchev–Trinajstić information content (AvgIpc) is 2.22. The fourth-order valence-electron chi connectivity index (χ4n) is 0.698. The lowest BCUT2D eigenvalue weighted by molar-refractivity contribution is -0.140. The van der Waals surface area contributed by atoms with Crippen molar-refractivity contribution < 1.29 is 27.9 Å². The van der Waals surface area contributed by atoms with E-state index in [4.69, 9.17) is 10.8 Å². The molecular weight excluding hydrogens is 240 g/mol. The third-order valence-corrected chi connectivity index (χ3v) is 2.98. The van der Waals surface area contributed by atoms with Crippen LogP contribution in [0.3, 0.4) is 0 Å². The second-order valence-corrected chi connectivity index (χ2v) is 4.84. The molecule has 0 aromatic rings. The molecule has 0 saturated carbocycles. The summed E-state index contributed by atoms with van der Waals surface area (Å²) in [6.45, 7) is -0.515. The summed E-state index contributed by atoms with van der Waals surface area (Å²) in [7, 11) is -2.60. The van der Waals surface area contributed by atoms with Gasteiger partial charge >= 0.3 is 5.97 Å². The Morgan fingerprint density at radius 3 is 2.50 bits per heavy atom. The first-order chi connectivity index (χ1) is 7.28. The van der Waals surface area contributed by atoms with E-state index in [1.807, 2.05) is 4.72 Å². The summed E-state index contributed by atoms with van der Waals surface area (Å²) in [6, 6.07) is 0. The van der Waals surface area contributed by atoms with Crippen LogP contribution in [0.4, 0.5) is 0 Å². The second-order valence-electron chi connectivity index (χ2n) is 2.91. The van der Waals surface area contributed by atoms with Crippen LogP contribution in [0, 0.1) is 0 Å². The molecule has 1 amide bonds. The zero-order valence-corrected chi connectivity index (χ0v) is 9.49. The summed E-state index contributed by atoms with van der Waals surface area (Å²) in [5.41, 5.74) is 4.71. The van der Waals surface area contributed by atoms with Crippen molar-refractivity contribution in [3.63, 3.8) is 0 Å². The van der Waals surface area contributed by atoms with Crippen molar-refractivity contribution in [1.29, 1.82) is 0 Å². The molecule has 1 unspecified atom stereocenters. The van der Waals surface area contributed by atoms with Crippen molar-refractivity contribution in [3.8, 4) is 0 Å². The van der Waals surface area contributed by atoms with Gasteiger partial charge in [-0.3, -0.25) is 9.59 Å². The fourth-order valence-corrected chi connectivity index (χ4v) is 1.69. The zero-order chi connectivity index (χ0) is 12.8. The molecule has 0 spiro atoms. The summed E-state index contributed by atoms with van der Waals surface area (Å²) in [6.07, 6.45) is -1.90. The fraction of sp³-hybridized carbons (Fsp3) is 0.714. The van der Waals surface area contributed by atoms with Crippen molar-refractivity contribution in [3.05, 3.63) is 0 Å². The van der Waals surface area contributed by atoms with E-state index < -0.39 is 40.3 Å². The molecule has 0 bridgehead atoms. The number of methoxy groups -OCH3 is 1. The minimum absolute atomic E-state index is 0.307. The molecule has 0 aliphatic rings. The first kappa shape index (κ1) is 14.8. The van der Waals surface area contributed by atoms with E-state index in [9.17, 15) is 18.0 Å². The number of aliphatic hydroxyl groups excluding tert-OH is 1. The number of rotatable bonds is 7. The molecule has 0 aromatic heterocycles. The van der Waals surface area contributed by atoms with Gasteiger partial charge in [-0.1, -0.05) is 0 Å². The molecule has 0 rings (SSSR count). The lowest BCUT2D eigenvalue weighted by atomic mass is 10.3. The Morgan fingerprint density at radius 2 is 2.06 bits per heavy atom. The lowest BCUT2D eigenvalue weighted by Crippen LogP contribution is -2.40. The normalized spacial score (nSPS) is 13.1. The number of sulfonamides is 1. The third-order valence-electron chi connectivity index (χ3n) is 1.63. The minimum Gasteiger partial charge on any atom is -0.469 e. The van der Waals surface area contributed by atoms with E-state index in [1.165, 1.54) is 0 Å². The molecule has 0 fully saturated rings. The number of primary amides is 1. The molecule has 0 aliphatic heterocycles. The smallest absolute Gasteiger partial charge is 0.306 e. The number of hydrogen-bond acceptors (Lipinski definition) is 6. The van der Waals surface area contributed by atoms with E-state index in [2.05, 4.69) is 4.74 Å². The van der Waals surface area contributed by atoms with Gasteiger partial charge in [-0.05, 0) is 0 Å². The number of nitrogens with one attached hydrogen (secondary N) is 1. The van der Waals surface area contributed by atoms with E-state index in [1.54, 1.807) is 0 Å². The van der Waals surface area contributed by atoms with Crippen LogP contribution in [0.5, 0.6) is 0 Å². The first-order valence-electron chi connectivity index (χ1n) is 4.30. The van der Waals surface area contributed by atoms with Gasteiger partial charge in [0.25, 0.3) is 0 Å². The van der Waals surface area contributed by atoms with E-state index in [0.29, 0.717) is 0 Å². The monoisotopic (exact) mass is 254 g/mol. The highest BCUT2D eigenvalue weighted by atomic mass is 32.2. The molecule has 8 nitrogen and oxygen atoms in total. The van der Waals surface area contributed by atoms with Gasteiger partial charge in [0.1, 0.15) is 6.10 Å². The number of carbonyl (C=O) groups excluding carboxylic acids is 2. The summed E-state index contributed by atoms with van der Waals surface area (Å²) in [5.74, 6) is -2.18. The van der Waals surface area contributed by atoms with Crippen LogP contribution < -0.4 is 10.5 Å². The van der Waals surface area contributed by atoms with Crippen molar-refractivity contribution in [1.82, 2.24) is 4.72 Å². The maximum atomic E-state index is 11.2. The van der Waals surface area contributed by atoms with Gasteiger partial charge < -0.3 is 15.6 Å². The van der Waals surface area contributed by atoms with Crippen molar-refractivity contribution in [2.45, 2.75) is 12.5 Å². The van der Waals surface area contributed by atoms with Crippen LogP contribution in [0.2, 0.25) is 0 Å². The predicted octanol–water partition coefficient (Wildman–Crippen LogP) is -2.68. The number of nitrogens with two attached hydrogens (primary N) is 1. The van der Waals surface area contributed by atoms with Crippen molar-refractivity contribution in [2.24, 2.45) is 5.73 Å². The molecule has 9 heteroatoms. The Morgan fingerprint density at radius 1 is 1.50 bits per heavy atom. The number of aliphatic hydroxyl groups is 1. The van der Waals surface area contributed by atoms with Gasteiger partial charge in [0.15, 0.2) is 0 Å². The molecule has 0 aliphatic carbocycles. The highest BCUT2D eigenvalue weighted by molar-refractivity contribution is 7.89. The quantitative estimate of drug-likeness (QED) is 0.423. The Balaban J connectivity index is 4.06. The number of hydrogen-bond donors (Lipinski definition) is 3. The zero-order valence-electron chi connectivity index (χ0n) is 8.67. The first-order valence-corrected chi connectivity index (χ1v) is 5.95. The molecule has 0 heterocycles. The molecule has 0 radical (unpaired) electrons. The van der Waals surface area contributed by atoms with Crippen LogP contribution in [0.1, 0.15) is 6.42 Å². The predicted molar refractivity (Wildman–Crippen MR) is 53.6 cm³/mol. The van der Waals surface area contributed by atoms with Crippen LogP contribution in [0.25, 0.3) is 0 Å². The van der Waals surface area contributed by atoms with Gasteiger partial charge in [0, 0.05) is 6.54 Å². The number of carbonyl (C=O) groups is 2. The molecule has 0 aromatic carbocycles. The summed E-state index contributed by atoms with van der Waals surface area (Å²) in [5, 5.41) is 8.92. The summed E-state index contributed by atoms with van der Waals surface area (Å²) >= 11 is 0. The number of ether oxygens (including phenoxy) is 1. The Hall–Kier alpha value is -1.19. The Kier molecular flexibility index (Phi) is 5.93. The van der Waals surface area contributed by atoms with E-state index in [-0.39, 0.29) is 6.42 Å². The van der Waals surface area contributed by atoms with Gasteiger partial charge in [-0.15, -0.1) is 0 Å². The molecule has 16 heavy (non-hydrogen) atoms. The average molecular weight is 254 g/mol. The second kappa shape index (κ2) is 6.40. The van der Waals surface area contributed by atoms with Crippen LogP contribution in [0.15, 0.2) is 0 Å². The number of amides is 1. The van der Waals surface area contributed by atoms with Crippen molar-refractivity contribution >= 4 is 21.9 Å². The van der Waals surface area contributed by atoms with Gasteiger partial charge in [0.2, 0.25) is 15.9 Å². The SMILES string of the molecule is COC(=O)CCS(=O)(=O)NCC(O)C(N)=O. The summed E-state index contributed by atoms with van der Waals surface area (Å²) < 4.78 is 28.6. The molecular formula is C7H14N2O6S. The topological polar surface area (TPSA) is 136 Å². The molecule has 94 valence electrons. The lowest BCUT2D eigenvalue weighted by Gasteiger charge is -2.08. The van der Waals surface area contributed by atoms with E-state index in [0.717, 1.165) is 7.11 Å². The van der Waals surface area contributed by atoms with Crippen LogP contribution >= 0.6 is 0 Å². The largest absolute Gasteiger partial charge is 0.469 e. The van der Waals surface area contributed by atoms with Gasteiger partial charge in [0.05, 0.1) is 19.3 Å². The molecule has 4 N–H and O–H groups in total.